The lowest BCUT2D eigenvalue weighted by atomic mass is 10.2. The van der Waals surface area contributed by atoms with Crippen molar-refractivity contribution >= 4 is 5.82 Å². The molecule has 0 aliphatic rings. The van der Waals surface area contributed by atoms with Gasteiger partial charge in [-0.25, -0.2) is 4.68 Å². The summed E-state index contributed by atoms with van der Waals surface area (Å²) >= 11 is 0. The highest BCUT2D eigenvalue weighted by atomic mass is 16.3. The zero-order chi connectivity index (χ0) is 10.0. The summed E-state index contributed by atoms with van der Waals surface area (Å²) < 4.78 is 1.51. The van der Waals surface area contributed by atoms with Crippen LogP contribution in [-0.4, -0.2) is 32.7 Å². The molecule has 1 rings (SSSR count). The first-order chi connectivity index (χ1) is 6.06. The number of aliphatic hydroxyl groups is 2. The molecule has 0 amide bonds. The molecule has 0 aliphatic carbocycles. The first-order valence-electron chi connectivity index (χ1n) is 4.16. The third-order valence-electron chi connectivity index (χ3n) is 2.02. The van der Waals surface area contributed by atoms with Gasteiger partial charge in [-0.15, -0.1) is 0 Å². The minimum absolute atomic E-state index is 0.292. The highest BCUT2D eigenvalue weighted by Crippen LogP contribution is 2.15. The van der Waals surface area contributed by atoms with Gasteiger partial charge in [0.2, 0.25) is 0 Å². The van der Waals surface area contributed by atoms with Gasteiger partial charge >= 0.3 is 0 Å². The van der Waals surface area contributed by atoms with Crippen LogP contribution < -0.4 is 5.73 Å². The first-order valence-corrected chi connectivity index (χ1v) is 4.16. The van der Waals surface area contributed by atoms with Crippen molar-refractivity contribution in [2.45, 2.75) is 26.0 Å². The normalized spacial score (nSPS) is 15.7. The lowest BCUT2D eigenvalue weighted by molar-refractivity contribution is 0.0541. The second kappa shape index (κ2) is 3.76. The smallest absolute Gasteiger partial charge is 0.122 e. The Morgan fingerprint density at radius 1 is 1.69 bits per heavy atom. The van der Waals surface area contributed by atoms with Crippen LogP contribution in [0.25, 0.3) is 0 Å². The van der Waals surface area contributed by atoms with Gasteiger partial charge in [0, 0.05) is 6.07 Å². The molecular formula is C8H15N3O2. The maximum absolute atomic E-state index is 9.35. The van der Waals surface area contributed by atoms with Crippen LogP contribution in [0.1, 0.15) is 18.7 Å². The number of aromatic nitrogens is 2. The Balaban J connectivity index is 2.87. The van der Waals surface area contributed by atoms with Crippen LogP contribution in [0, 0.1) is 6.92 Å². The van der Waals surface area contributed by atoms with Gasteiger partial charge in [-0.05, 0) is 13.8 Å². The van der Waals surface area contributed by atoms with Crippen molar-refractivity contribution in [3.8, 4) is 0 Å². The van der Waals surface area contributed by atoms with E-state index in [2.05, 4.69) is 5.10 Å². The molecule has 5 heteroatoms. The molecule has 0 spiro atoms. The summed E-state index contributed by atoms with van der Waals surface area (Å²) in [5.74, 6) is 0.498. The number of nitrogens with zero attached hydrogens (tertiary/aromatic N) is 2. The topological polar surface area (TPSA) is 84.3 Å². The molecule has 0 bridgehead atoms. The number of nitrogen functional groups attached to an aromatic ring is 1. The number of nitrogens with two attached hydrogens (primary N) is 1. The van der Waals surface area contributed by atoms with Crippen molar-refractivity contribution < 1.29 is 10.2 Å². The van der Waals surface area contributed by atoms with E-state index in [4.69, 9.17) is 10.8 Å². The fraction of sp³-hybridized carbons (Fsp3) is 0.625. The van der Waals surface area contributed by atoms with Gasteiger partial charge in [0.25, 0.3) is 0 Å². The van der Waals surface area contributed by atoms with E-state index in [1.807, 2.05) is 6.92 Å². The van der Waals surface area contributed by atoms with Gasteiger partial charge in [-0.2, -0.15) is 5.10 Å². The lowest BCUT2D eigenvalue weighted by Crippen LogP contribution is -2.26. The minimum Gasteiger partial charge on any atom is -0.394 e. The molecule has 2 unspecified atom stereocenters. The fourth-order valence-corrected chi connectivity index (χ4v) is 1.18. The second-order valence-corrected chi connectivity index (χ2v) is 3.15. The van der Waals surface area contributed by atoms with Gasteiger partial charge in [0.1, 0.15) is 5.82 Å². The average molecular weight is 185 g/mol. The SMILES string of the molecule is Cc1cc(N)n(C(C)C(O)CO)n1. The highest BCUT2D eigenvalue weighted by molar-refractivity contribution is 5.30. The summed E-state index contributed by atoms with van der Waals surface area (Å²) in [6.07, 6.45) is -0.832. The largest absolute Gasteiger partial charge is 0.394 e. The molecule has 0 saturated carbocycles. The van der Waals surface area contributed by atoms with Crippen molar-refractivity contribution in [2.24, 2.45) is 0 Å². The highest BCUT2D eigenvalue weighted by Gasteiger charge is 2.17. The Labute approximate surface area is 76.8 Å². The lowest BCUT2D eigenvalue weighted by Gasteiger charge is -2.18. The number of hydrogen-bond donors (Lipinski definition) is 3. The molecule has 0 radical (unpaired) electrons. The summed E-state index contributed by atoms with van der Waals surface area (Å²) in [5.41, 5.74) is 6.44. The molecule has 74 valence electrons. The van der Waals surface area contributed by atoms with Crippen LogP contribution in [0.3, 0.4) is 0 Å². The Bertz CT molecular complexity index is 285. The van der Waals surface area contributed by atoms with Gasteiger partial charge in [-0.1, -0.05) is 0 Å². The Kier molecular flexibility index (Phi) is 2.90. The van der Waals surface area contributed by atoms with E-state index < -0.39 is 6.10 Å². The maximum Gasteiger partial charge on any atom is 0.122 e. The Morgan fingerprint density at radius 2 is 2.31 bits per heavy atom. The average Bonchev–Trinajstić information content (AvgIpc) is 2.42. The minimum atomic E-state index is -0.832. The molecule has 0 fully saturated rings. The standard InChI is InChI=1S/C8H15N3O2/c1-5-3-8(9)11(10-5)6(2)7(13)4-12/h3,6-7,12-13H,4,9H2,1-2H3. The summed E-state index contributed by atoms with van der Waals surface area (Å²) in [6, 6.07) is 1.42. The summed E-state index contributed by atoms with van der Waals surface area (Å²) in [6.45, 7) is 3.29. The van der Waals surface area contributed by atoms with Crippen LogP contribution in [0.2, 0.25) is 0 Å². The van der Waals surface area contributed by atoms with E-state index in [-0.39, 0.29) is 12.6 Å². The number of rotatable bonds is 3. The monoisotopic (exact) mass is 185 g/mol. The van der Waals surface area contributed by atoms with Gasteiger partial charge in [0.15, 0.2) is 0 Å². The molecule has 4 N–H and O–H groups in total. The molecule has 0 aromatic carbocycles. The van der Waals surface area contributed by atoms with Gasteiger partial charge in [-0.3, -0.25) is 0 Å². The van der Waals surface area contributed by atoms with E-state index in [9.17, 15) is 5.11 Å². The van der Waals surface area contributed by atoms with Gasteiger partial charge < -0.3 is 15.9 Å². The molecule has 0 aliphatic heterocycles. The fourth-order valence-electron chi connectivity index (χ4n) is 1.18. The third-order valence-corrected chi connectivity index (χ3v) is 2.02. The van der Waals surface area contributed by atoms with Crippen molar-refractivity contribution in [3.63, 3.8) is 0 Å². The first kappa shape index (κ1) is 10.0. The predicted molar refractivity (Wildman–Crippen MR) is 49.2 cm³/mol. The van der Waals surface area contributed by atoms with Crippen LogP contribution in [0.15, 0.2) is 6.07 Å². The van der Waals surface area contributed by atoms with E-state index in [0.717, 1.165) is 5.69 Å². The van der Waals surface area contributed by atoms with E-state index in [0.29, 0.717) is 5.82 Å². The van der Waals surface area contributed by atoms with Crippen molar-refractivity contribution in [1.29, 1.82) is 0 Å². The molecule has 1 aromatic rings. The second-order valence-electron chi connectivity index (χ2n) is 3.15. The van der Waals surface area contributed by atoms with Crippen molar-refractivity contribution in [1.82, 2.24) is 9.78 Å². The predicted octanol–water partition coefficient (Wildman–Crippen LogP) is -0.312. The molecule has 0 saturated heterocycles. The molecule has 2 atom stereocenters. The zero-order valence-electron chi connectivity index (χ0n) is 7.81. The van der Waals surface area contributed by atoms with Crippen LogP contribution >= 0.6 is 0 Å². The molecular weight excluding hydrogens is 170 g/mol. The van der Waals surface area contributed by atoms with E-state index in [1.165, 1.54) is 4.68 Å². The molecule has 1 heterocycles. The van der Waals surface area contributed by atoms with E-state index in [1.54, 1.807) is 13.0 Å². The summed E-state index contributed by atoms with van der Waals surface area (Å²) in [7, 11) is 0. The molecule has 13 heavy (non-hydrogen) atoms. The van der Waals surface area contributed by atoms with Crippen LogP contribution in [0.4, 0.5) is 5.82 Å². The summed E-state index contributed by atoms with van der Waals surface area (Å²) in [5, 5.41) is 22.2. The zero-order valence-corrected chi connectivity index (χ0v) is 7.81. The number of aryl methyl sites for hydroxylation is 1. The summed E-state index contributed by atoms with van der Waals surface area (Å²) in [4.78, 5) is 0. The van der Waals surface area contributed by atoms with Crippen molar-refractivity contribution in [3.05, 3.63) is 11.8 Å². The van der Waals surface area contributed by atoms with Crippen LogP contribution in [0.5, 0.6) is 0 Å². The maximum atomic E-state index is 9.35. The van der Waals surface area contributed by atoms with Crippen molar-refractivity contribution in [2.75, 3.05) is 12.3 Å². The Morgan fingerprint density at radius 3 is 2.69 bits per heavy atom. The van der Waals surface area contributed by atoms with E-state index >= 15 is 0 Å². The quantitative estimate of drug-likeness (QED) is 0.603. The number of anilines is 1. The number of hydrogen-bond acceptors (Lipinski definition) is 4. The number of aliphatic hydroxyl groups excluding tert-OH is 2. The molecule has 1 aromatic heterocycles. The van der Waals surface area contributed by atoms with Crippen LogP contribution in [-0.2, 0) is 0 Å². The molecule has 5 nitrogen and oxygen atoms in total. The van der Waals surface area contributed by atoms with Gasteiger partial charge in [0.05, 0.1) is 24.4 Å². The Hall–Kier alpha value is -1.07. The third kappa shape index (κ3) is 1.99.